The van der Waals surface area contributed by atoms with Gasteiger partial charge in [0.2, 0.25) is 0 Å². The van der Waals surface area contributed by atoms with Crippen LogP contribution in [0.5, 0.6) is 0 Å². The molecule has 32 heavy (non-hydrogen) atoms. The van der Waals surface area contributed by atoms with E-state index in [1.165, 1.54) is 24.3 Å². The first-order chi connectivity index (χ1) is 15.4. The van der Waals surface area contributed by atoms with E-state index >= 15 is 0 Å². The Labute approximate surface area is 186 Å². The molecule has 0 fully saturated rings. The molecule has 0 unspecified atom stereocenters. The maximum atomic E-state index is 12.8. The molecule has 0 saturated heterocycles. The SMILES string of the molecule is Cc1ccc(S(=O)(=O)Nc2ccccc2C(=O)Nc2ccc(-c3ccccc3)nn2)cc1. The Morgan fingerprint density at radius 1 is 0.781 bits per heavy atom. The zero-order chi connectivity index (χ0) is 22.6. The average molecular weight is 445 g/mol. The Kier molecular flexibility index (Phi) is 5.96. The minimum atomic E-state index is -3.85. The monoisotopic (exact) mass is 444 g/mol. The number of nitrogens with one attached hydrogen (secondary N) is 2. The lowest BCUT2D eigenvalue weighted by Gasteiger charge is -2.13. The highest BCUT2D eigenvalue weighted by molar-refractivity contribution is 7.92. The number of anilines is 2. The summed E-state index contributed by atoms with van der Waals surface area (Å²) in [6.07, 6.45) is 0. The van der Waals surface area contributed by atoms with Crippen LogP contribution in [0.4, 0.5) is 11.5 Å². The van der Waals surface area contributed by atoms with Crippen LogP contribution in [0.15, 0.2) is 95.9 Å². The van der Waals surface area contributed by atoms with Gasteiger partial charge >= 0.3 is 0 Å². The van der Waals surface area contributed by atoms with Crippen LogP contribution < -0.4 is 10.0 Å². The minimum Gasteiger partial charge on any atom is -0.305 e. The zero-order valence-corrected chi connectivity index (χ0v) is 18.0. The molecule has 0 aliphatic rings. The van der Waals surface area contributed by atoms with Gasteiger partial charge in [0.1, 0.15) is 0 Å². The summed E-state index contributed by atoms with van der Waals surface area (Å²) in [5.41, 5.74) is 2.86. The van der Waals surface area contributed by atoms with Crippen LogP contribution in [0.2, 0.25) is 0 Å². The van der Waals surface area contributed by atoms with Crippen LogP contribution in [0.1, 0.15) is 15.9 Å². The van der Waals surface area contributed by atoms with E-state index in [9.17, 15) is 13.2 Å². The molecule has 160 valence electrons. The van der Waals surface area contributed by atoms with Crippen molar-refractivity contribution in [3.63, 3.8) is 0 Å². The summed E-state index contributed by atoms with van der Waals surface area (Å²) >= 11 is 0. The maximum absolute atomic E-state index is 12.8. The molecule has 3 aromatic carbocycles. The van der Waals surface area contributed by atoms with Gasteiger partial charge in [-0.25, -0.2) is 8.42 Å². The summed E-state index contributed by atoms with van der Waals surface area (Å²) in [6, 6.07) is 25.8. The summed E-state index contributed by atoms with van der Waals surface area (Å²) in [5.74, 6) is -0.250. The molecule has 4 aromatic rings. The first-order valence-electron chi connectivity index (χ1n) is 9.81. The third kappa shape index (κ3) is 4.81. The van der Waals surface area contributed by atoms with E-state index < -0.39 is 15.9 Å². The highest BCUT2D eigenvalue weighted by atomic mass is 32.2. The lowest BCUT2D eigenvalue weighted by atomic mass is 10.1. The van der Waals surface area contributed by atoms with Crippen molar-refractivity contribution in [1.82, 2.24) is 10.2 Å². The van der Waals surface area contributed by atoms with Crippen molar-refractivity contribution >= 4 is 27.4 Å². The van der Waals surface area contributed by atoms with Gasteiger partial charge < -0.3 is 5.32 Å². The predicted molar refractivity (Wildman–Crippen MR) is 124 cm³/mol. The van der Waals surface area contributed by atoms with E-state index in [2.05, 4.69) is 20.2 Å². The number of aromatic nitrogens is 2. The van der Waals surface area contributed by atoms with Crippen LogP contribution in [0.25, 0.3) is 11.3 Å². The number of carbonyl (C=O) groups is 1. The Balaban J connectivity index is 1.53. The van der Waals surface area contributed by atoms with Crippen LogP contribution >= 0.6 is 0 Å². The first-order valence-corrected chi connectivity index (χ1v) is 11.3. The fourth-order valence-electron chi connectivity index (χ4n) is 3.04. The van der Waals surface area contributed by atoms with Gasteiger partial charge in [0.15, 0.2) is 5.82 Å². The zero-order valence-electron chi connectivity index (χ0n) is 17.2. The van der Waals surface area contributed by atoms with Crippen molar-refractivity contribution in [1.29, 1.82) is 0 Å². The number of sulfonamides is 1. The highest BCUT2D eigenvalue weighted by Crippen LogP contribution is 2.22. The summed E-state index contributed by atoms with van der Waals surface area (Å²) in [7, 11) is -3.85. The van der Waals surface area contributed by atoms with E-state index in [0.29, 0.717) is 5.69 Å². The second kappa shape index (κ2) is 8.99. The van der Waals surface area contributed by atoms with E-state index in [-0.39, 0.29) is 22.0 Å². The Morgan fingerprint density at radius 3 is 2.16 bits per heavy atom. The Hall–Kier alpha value is -4.04. The van der Waals surface area contributed by atoms with Crippen LogP contribution in [-0.2, 0) is 10.0 Å². The molecule has 0 bridgehead atoms. The summed E-state index contributed by atoms with van der Waals surface area (Å²) in [5, 5.41) is 10.9. The van der Waals surface area contributed by atoms with E-state index in [0.717, 1.165) is 11.1 Å². The largest absolute Gasteiger partial charge is 0.305 e. The maximum Gasteiger partial charge on any atom is 0.261 e. The molecule has 2 N–H and O–H groups in total. The molecule has 0 aliphatic carbocycles. The quantitative estimate of drug-likeness (QED) is 0.456. The van der Waals surface area contributed by atoms with Gasteiger partial charge in [0.05, 0.1) is 21.8 Å². The topological polar surface area (TPSA) is 101 Å². The van der Waals surface area contributed by atoms with Crippen molar-refractivity contribution in [2.75, 3.05) is 10.0 Å². The van der Waals surface area contributed by atoms with Gasteiger partial charge in [0, 0.05) is 5.56 Å². The Morgan fingerprint density at radius 2 is 1.47 bits per heavy atom. The van der Waals surface area contributed by atoms with Crippen molar-refractivity contribution < 1.29 is 13.2 Å². The number of hydrogen-bond acceptors (Lipinski definition) is 5. The standard InChI is InChI=1S/C24H20N4O3S/c1-17-11-13-19(14-12-17)32(30,31)28-22-10-6-5-9-20(22)24(29)25-23-16-15-21(26-27-23)18-7-3-2-4-8-18/h2-16,28H,1H3,(H,25,27,29). The van der Waals surface area contributed by atoms with Gasteiger partial charge in [-0.3, -0.25) is 9.52 Å². The molecule has 7 nitrogen and oxygen atoms in total. The lowest BCUT2D eigenvalue weighted by molar-refractivity contribution is 0.102. The van der Waals surface area contributed by atoms with Gasteiger partial charge in [0.25, 0.3) is 15.9 Å². The molecular weight excluding hydrogens is 424 g/mol. The minimum absolute atomic E-state index is 0.112. The number of amides is 1. The van der Waals surface area contributed by atoms with E-state index in [1.807, 2.05) is 37.3 Å². The normalized spacial score (nSPS) is 11.0. The van der Waals surface area contributed by atoms with Gasteiger partial charge in [-0.1, -0.05) is 60.2 Å². The Bertz CT molecular complexity index is 1340. The predicted octanol–water partition coefficient (Wildman–Crippen LogP) is 4.51. The molecule has 8 heteroatoms. The fourth-order valence-corrected chi connectivity index (χ4v) is 4.12. The van der Waals surface area contributed by atoms with Crippen molar-refractivity contribution in [2.45, 2.75) is 11.8 Å². The highest BCUT2D eigenvalue weighted by Gasteiger charge is 2.19. The summed E-state index contributed by atoms with van der Waals surface area (Å²) in [4.78, 5) is 13.0. The lowest BCUT2D eigenvalue weighted by Crippen LogP contribution is -2.19. The second-order valence-corrected chi connectivity index (χ2v) is 8.77. The number of benzene rings is 3. The van der Waals surface area contributed by atoms with Crippen molar-refractivity contribution in [2.24, 2.45) is 0 Å². The third-order valence-electron chi connectivity index (χ3n) is 4.72. The molecule has 0 atom stereocenters. The smallest absolute Gasteiger partial charge is 0.261 e. The third-order valence-corrected chi connectivity index (χ3v) is 6.10. The van der Waals surface area contributed by atoms with Crippen molar-refractivity contribution in [3.8, 4) is 11.3 Å². The van der Waals surface area contributed by atoms with E-state index in [1.54, 1.807) is 36.4 Å². The van der Waals surface area contributed by atoms with Crippen LogP contribution in [-0.4, -0.2) is 24.5 Å². The molecule has 1 heterocycles. The molecule has 1 amide bonds. The molecule has 0 saturated carbocycles. The molecule has 0 radical (unpaired) electrons. The number of aryl methyl sites for hydroxylation is 1. The van der Waals surface area contributed by atoms with Gasteiger partial charge in [-0.2, -0.15) is 0 Å². The van der Waals surface area contributed by atoms with Crippen LogP contribution in [0, 0.1) is 6.92 Å². The number of para-hydroxylation sites is 1. The molecule has 0 spiro atoms. The average Bonchev–Trinajstić information content (AvgIpc) is 2.80. The van der Waals surface area contributed by atoms with Gasteiger partial charge in [-0.05, 0) is 43.3 Å². The molecular formula is C24H20N4O3S. The molecule has 0 aliphatic heterocycles. The number of rotatable bonds is 6. The van der Waals surface area contributed by atoms with Crippen molar-refractivity contribution in [3.05, 3.63) is 102 Å². The number of carbonyl (C=O) groups excluding carboxylic acids is 1. The number of hydrogen-bond donors (Lipinski definition) is 2. The fraction of sp³-hybridized carbons (Fsp3) is 0.0417. The van der Waals surface area contributed by atoms with Crippen LogP contribution in [0.3, 0.4) is 0 Å². The summed E-state index contributed by atoms with van der Waals surface area (Å²) < 4.78 is 28.0. The molecule has 1 aromatic heterocycles. The second-order valence-electron chi connectivity index (χ2n) is 7.09. The van der Waals surface area contributed by atoms with Gasteiger partial charge in [-0.15, -0.1) is 10.2 Å². The number of nitrogens with zero attached hydrogens (tertiary/aromatic N) is 2. The summed E-state index contributed by atoms with van der Waals surface area (Å²) in [6.45, 7) is 1.87. The van der Waals surface area contributed by atoms with E-state index in [4.69, 9.17) is 0 Å². The molecule has 4 rings (SSSR count). The first kappa shape index (κ1) is 21.2.